The van der Waals surface area contributed by atoms with Crippen LogP contribution in [0.25, 0.3) is 0 Å². The molecule has 2 N–H and O–H groups in total. The normalized spacial score (nSPS) is 22.3. The lowest BCUT2D eigenvalue weighted by Gasteiger charge is -2.27. The number of rotatable bonds is 4. The zero-order chi connectivity index (χ0) is 13.1. The van der Waals surface area contributed by atoms with Crippen LogP contribution in [0, 0.1) is 19.8 Å². The van der Waals surface area contributed by atoms with Gasteiger partial charge < -0.3 is 5.73 Å². The van der Waals surface area contributed by atoms with E-state index < -0.39 is 0 Å². The van der Waals surface area contributed by atoms with E-state index in [1.54, 1.807) is 0 Å². The van der Waals surface area contributed by atoms with Gasteiger partial charge in [-0.3, -0.25) is 4.90 Å². The second kappa shape index (κ2) is 5.85. The lowest BCUT2D eigenvalue weighted by molar-refractivity contribution is 0.241. The summed E-state index contributed by atoms with van der Waals surface area (Å²) in [5.74, 6) is 0.866. The van der Waals surface area contributed by atoms with Crippen molar-refractivity contribution in [2.24, 2.45) is 11.7 Å². The van der Waals surface area contributed by atoms with Crippen molar-refractivity contribution in [1.29, 1.82) is 0 Å². The van der Waals surface area contributed by atoms with Crippen LogP contribution < -0.4 is 5.73 Å². The van der Waals surface area contributed by atoms with E-state index in [0.29, 0.717) is 6.04 Å². The summed E-state index contributed by atoms with van der Waals surface area (Å²) in [7, 11) is 0. The van der Waals surface area contributed by atoms with E-state index in [1.165, 1.54) is 42.6 Å². The van der Waals surface area contributed by atoms with E-state index in [1.807, 2.05) is 0 Å². The summed E-state index contributed by atoms with van der Waals surface area (Å²) in [6.07, 6.45) is 2.62. The number of aryl methyl sites for hydroxylation is 2. The number of nitrogens with two attached hydrogens (primary N) is 1. The van der Waals surface area contributed by atoms with Crippen molar-refractivity contribution in [3.05, 3.63) is 34.9 Å². The van der Waals surface area contributed by atoms with Crippen molar-refractivity contribution < 1.29 is 0 Å². The van der Waals surface area contributed by atoms with Gasteiger partial charge in [0.25, 0.3) is 0 Å². The summed E-state index contributed by atoms with van der Waals surface area (Å²) in [5.41, 5.74) is 10.1. The fourth-order valence-electron chi connectivity index (χ4n) is 2.95. The van der Waals surface area contributed by atoms with E-state index in [0.717, 1.165) is 12.5 Å². The Balaban J connectivity index is 2.15. The fraction of sp³-hybridized carbons (Fsp3) is 0.625. The van der Waals surface area contributed by atoms with E-state index >= 15 is 0 Å². The molecule has 0 spiro atoms. The van der Waals surface area contributed by atoms with Crippen molar-refractivity contribution in [3.63, 3.8) is 0 Å². The molecule has 2 unspecified atom stereocenters. The topological polar surface area (TPSA) is 29.3 Å². The largest absolute Gasteiger partial charge is 0.329 e. The van der Waals surface area contributed by atoms with Gasteiger partial charge in [-0.25, -0.2) is 0 Å². The van der Waals surface area contributed by atoms with Crippen molar-refractivity contribution in [3.8, 4) is 0 Å². The molecule has 1 aromatic rings. The molecule has 1 saturated heterocycles. The molecule has 2 heteroatoms. The Kier molecular flexibility index (Phi) is 4.41. The first-order valence-electron chi connectivity index (χ1n) is 7.17. The van der Waals surface area contributed by atoms with Gasteiger partial charge in [-0.05, 0) is 49.4 Å². The molecular weight excluding hydrogens is 220 g/mol. The minimum absolute atomic E-state index is 0.404. The van der Waals surface area contributed by atoms with Crippen LogP contribution in [0.2, 0.25) is 0 Å². The van der Waals surface area contributed by atoms with E-state index in [4.69, 9.17) is 5.73 Å². The van der Waals surface area contributed by atoms with Crippen LogP contribution in [-0.4, -0.2) is 24.5 Å². The SMILES string of the molecule is CCC1CCN(C(CN)c2ccc(C)c(C)c2)C1. The Hall–Kier alpha value is -0.860. The third kappa shape index (κ3) is 2.76. The molecular formula is C16H26N2. The Morgan fingerprint density at radius 3 is 2.67 bits per heavy atom. The molecule has 0 aromatic heterocycles. The molecule has 0 saturated carbocycles. The average molecular weight is 246 g/mol. The molecule has 1 fully saturated rings. The minimum Gasteiger partial charge on any atom is -0.329 e. The Labute approximate surface area is 111 Å². The van der Waals surface area contributed by atoms with Crippen molar-refractivity contribution in [2.75, 3.05) is 19.6 Å². The van der Waals surface area contributed by atoms with Gasteiger partial charge in [0.1, 0.15) is 0 Å². The average Bonchev–Trinajstić information content (AvgIpc) is 2.83. The lowest BCUT2D eigenvalue weighted by atomic mass is 10.00. The maximum absolute atomic E-state index is 6.02. The highest BCUT2D eigenvalue weighted by atomic mass is 15.2. The molecule has 2 rings (SSSR count). The minimum atomic E-state index is 0.404. The molecule has 2 nitrogen and oxygen atoms in total. The molecule has 1 heterocycles. The quantitative estimate of drug-likeness (QED) is 0.885. The van der Waals surface area contributed by atoms with Crippen molar-refractivity contribution >= 4 is 0 Å². The standard InChI is InChI=1S/C16H26N2/c1-4-14-7-8-18(11-14)16(10-17)15-6-5-12(2)13(3)9-15/h5-6,9,14,16H,4,7-8,10-11,17H2,1-3H3. The van der Waals surface area contributed by atoms with Gasteiger partial charge in [-0.1, -0.05) is 31.5 Å². The van der Waals surface area contributed by atoms with Gasteiger partial charge in [-0.2, -0.15) is 0 Å². The van der Waals surface area contributed by atoms with Gasteiger partial charge in [0, 0.05) is 19.1 Å². The molecule has 1 aliphatic heterocycles. The first kappa shape index (κ1) is 13.6. The third-order valence-electron chi connectivity index (χ3n) is 4.47. The molecule has 2 atom stereocenters. The van der Waals surface area contributed by atoms with Crippen LogP contribution in [-0.2, 0) is 0 Å². The Morgan fingerprint density at radius 2 is 2.11 bits per heavy atom. The molecule has 1 aliphatic rings. The number of benzene rings is 1. The van der Waals surface area contributed by atoms with Crippen LogP contribution in [0.1, 0.15) is 42.5 Å². The molecule has 0 bridgehead atoms. The van der Waals surface area contributed by atoms with Crippen LogP contribution in [0.4, 0.5) is 0 Å². The highest BCUT2D eigenvalue weighted by Crippen LogP contribution is 2.29. The second-order valence-electron chi connectivity index (χ2n) is 5.65. The molecule has 0 aliphatic carbocycles. The van der Waals surface area contributed by atoms with Gasteiger partial charge in [-0.15, -0.1) is 0 Å². The zero-order valence-electron chi connectivity index (χ0n) is 11.9. The molecule has 18 heavy (non-hydrogen) atoms. The zero-order valence-corrected chi connectivity index (χ0v) is 11.9. The summed E-state index contributed by atoms with van der Waals surface area (Å²) in [5, 5.41) is 0. The van der Waals surface area contributed by atoms with E-state index in [-0.39, 0.29) is 0 Å². The van der Waals surface area contributed by atoms with Crippen LogP contribution in [0.15, 0.2) is 18.2 Å². The summed E-state index contributed by atoms with van der Waals surface area (Å²) in [6.45, 7) is 9.78. The highest BCUT2D eigenvalue weighted by Gasteiger charge is 2.27. The van der Waals surface area contributed by atoms with Crippen molar-refractivity contribution in [2.45, 2.75) is 39.7 Å². The molecule has 100 valence electrons. The van der Waals surface area contributed by atoms with Gasteiger partial charge in [0.15, 0.2) is 0 Å². The monoisotopic (exact) mass is 246 g/mol. The maximum Gasteiger partial charge on any atom is 0.0470 e. The van der Waals surface area contributed by atoms with Crippen LogP contribution >= 0.6 is 0 Å². The predicted octanol–water partition coefficient (Wildman–Crippen LogP) is 3.04. The highest BCUT2D eigenvalue weighted by molar-refractivity contribution is 5.32. The van der Waals surface area contributed by atoms with Gasteiger partial charge in [0.05, 0.1) is 0 Å². The first-order valence-corrected chi connectivity index (χ1v) is 7.17. The summed E-state index contributed by atoms with van der Waals surface area (Å²) in [6, 6.07) is 7.19. The Morgan fingerprint density at radius 1 is 1.33 bits per heavy atom. The van der Waals surface area contributed by atoms with Gasteiger partial charge >= 0.3 is 0 Å². The number of nitrogens with zero attached hydrogens (tertiary/aromatic N) is 1. The third-order valence-corrected chi connectivity index (χ3v) is 4.47. The number of hydrogen-bond acceptors (Lipinski definition) is 2. The maximum atomic E-state index is 6.02. The summed E-state index contributed by atoms with van der Waals surface area (Å²) < 4.78 is 0. The van der Waals surface area contributed by atoms with Crippen molar-refractivity contribution in [1.82, 2.24) is 4.90 Å². The Bertz CT molecular complexity index is 400. The summed E-state index contributed by atoms with van der Waals surface area (Å²) in [4.78, 5) is 2.57. The van der Waals surface area contributed by atoms with E-state index in [2.05, 4.69) is 43.9 Å². The molecule has 0 amide bonds. The smallest absolute Gasteiger partial charge is 0.0470 e. The molecule has 1 aromatic carbocycles. The molecule has 0 radical (unpaired) electrons. The summed E-state index contributed by atoms with van der Waals surface area (Å²) >= 11 is 0. The first-order chi connectivity index (χ1) is 8.65. The second-order valence-corrected chi connectivity index (χ2v) is 5.65. The number of likely N-dealkylation sites (tertiary alicyclic amines) is 1. The fourth-order valence-corrected chi connectivity index (χ4v) is 2.95. The predicted molar refractivity (Wildman–Crippen MR) is 77.7 cm³/mol. The van der Waals surface area contributed by atoms with E-state index in [9.17, 15) is 0 Å². The lowest BCUT2D eigenvalue weighted by Crippen LogP contribution is -2.32. The van der Waals surface area contributed by atoms with Crippen LogP contribution in [0.3, 0.4) is 0 Å². The number of hydrogen-bond donors (Lipinski definition) is 1. The van der Waals surface area contributed by atoms with Crippen LogP contribution in [0.5, 0.6) is 0 Å². The van der Waals surface area contributed by atoms with Gasteiger partial charge in [0.2, 0.25) is 0 Å².